The fourth-order valence-electron chi connectivity index (χ4n) is 3.06. The van der Waals surface area contributed by atoms with Crippen molar-refractivity contribution >= 4 is 46.1 Å². The Morgan fingerprint density at radius 1 is 1.14 bits per heavy atom. The highest BCUT2D eigenvalue weighted by Crippen LogP contribution is 2.34. The summed E-state index contributed by atoms with van der Waals surface area (Å²) in [6.45, 7) is 0. The molecule has 6 nitrogen and oxygen atoms in total. The summed E-state index contributed by atoms with van der Waals surface area (Å²) in [6, 6.07) is 16.5. The predicted octanol–water partition coefficient (Wildman–Crippen LogP) is 3.88. The van der Waals surface area contributed by atoms with Gasteiger partial charge in [0.05, 0.1) is 16.7 Å². The third-order valence-electron chi connectivity index (χ3n) is 4.39. The molecule has 0 aliphatic carbocycles. The van der Waals surface area contributed by atoms with E-state index < -0.39 is 17.1 Å². The second-order valence-corrected chi connectivity index (χ2v) is 7.67. The van der Waals surface area contributed by atoms with Gasteiger partial charge in [-0.25, -0.2) is 5.01 Å². The van der Waals surface area contributed by atoms with Gasteiger partial charge in [-0.2, -0.15) is 5.10 Å². The van der Waals surface area contributed by atoms with Crippen LogP contribution >= 0.6 is 23.4 Å². The quantitative estimate of drug-likeness (QED) is 0.777. The summed E-state index contributed by atoms with van der Waals surface area (Å²) in [5.41, 5.74) is 2.57. The van der Waals surface area contributed by atoms with Crippen molar-refractivity contribution < 1.29 is 14.4 Å². The molecule has 1 atom stereocenters. The molecule has 3 amide bonds. The number of amides is 3. The summed E-state index contributed by atoms with van der Waals surface area (Å²) in [5.74, 6) is -1.03. The van der Waals surface area contributed by atoms with Gasteiger partial charge >= 0.3 is 0 Å². The monoisotopic (exact) mass is 411 g/mol. The Morgan fingerprint density at radius 3 is 2.50 bits per heavy atom. The molecule has 2 heterocycles. The number of benzene rings is 2. The third-order valence-corrected chi connectivity index (χ3v) is 5.46. The topological polar surface area (TPSA) is 78.8 Å². The van der Waals surface area contributed by atoms with Crippen molar-refractivity contribution in [3.63, 3.8) is 0 Å². The molecule has 2 aromatic carbocycles. The predicted molar refractivity (Wildman–Crippen MR) is 108 cm³/mol. The van der Waals surface area contributed by atoms with Gasteiger partial charge in [-0.15, -0.1) is 0 Å². The first kappa shape index (κ1) is 18.5. The number of hydrazone groups is 1. The number of rotatable bonds is 3. The highest BCUT2D eigenvalue weighted by atomic mass is 35.5. The van der Waals surface area contributed by atoms with Crippen LogP contribution in [-0.2, 0) is 9.59 Å². The van der Waals surface area contributed by atoms with Crippen LogP contribution < -0.4 is 5.32 Å². The lowest BCUT2D eigenvalue weighted by atomic mass is 9.98. The first-order valence-corrected chi connectivity index (χ1v) is 9.67. The zero-order valence-corrected chi connectivity index (χ0v) is 16.0. The van der Waals surface area contributed by atoms with E-state index in [1.54, 1.807) is 12.1 Å². The lowest BCUT2D eigenvalue weighted by Gasteiger charge is -2.21. The van der Waals surface area contributed by atoms with Gasteiger partial charge in [0, 0.05) is 17.5 Å². The first-order chi connectivity index (χ1) is 13.5. The summed E-state index contributed by atoms with van der Waals surface area (Å²) in [6.07, 6.45) is 1.68. The Bertz CT molecular complexity index is 1020. The van der Waals surface area contributed by atoms with E-state index in [2.05, 4.69) is 10.4 Å². The number of nitrogens with zero attached hydrogens (tertiary/aromatic N) is 2. The van der Waals surface area contributed by atoms with E-state index in [0.717, 1.165) is 22.9 Å². The van der Waals surface area contributed by atoms with E-state index in [1.807, 2.05) is 42.5 Å². The fourth-order valence-corrected chi connectivity index (χ4v) is 3.84. The van der Waals surface area contributed by atoms with Crippen molar-refractivity contribution in [1.29, 1.82) is 0 Å². The summed E-state index contributed by atoms with van der Waals surface area (Å²) >= 11 is 6.69. The lowest BCUT2D eigenvalue weighted by Crippen LogP contribution is -2.26. The van der Waals surface area contributed by atoms with Gasteiger partial charge in [0.25, 0.3) is 17.1 Å². The van der Waals surface area contributed by atoms with Crippen LogP contribution in [0.1, 0.15) is 23.6 Å². The van der Waals surface area contributed by atoms with Crippen molar-refractivity contribution in [1.82, 2.24) is 10.3 Å². The van der Waals surface area contributed by atoms with Crippen LogP contribution in [0.3, 0.4) is 0 Å². The van der Waals surface area contributed by atoms with E-state index in [-0.39, 0.29) is 10.9 Å². The molecule has 0 radical (unpaired) electrons. The number of hydrogen-bond donors (Lipinski definition) is 1. The number of carbonyl (C=O) groups excluding carboxylic acids is 3. The maximum absolute atomic E-state index is 12.9. The van der Waals surface area contributed by atoms with Crippen LogP contribution in [-0.4, -0.2) is 27.8 Å². The molecule has 1 saturated heterocycles. The molecule has 0 bridgehead atoms. The van der Waals surface area contributed by atoms with Gasteiger partial charge < -0.3 is 0 Å². The molecule has 2 aliphatic rings. The van der Waals surface area contributed by atoms with E-state index in [4.69, 9.17) is 11.6 Å². The molecule has 0 aromatic heterocycles. The molecule has 1 unspecified atom stereocenters. The smallest absolute Gasteiger partial charge is 0.282 e. The van der Waals surface area contributed by atoms with Gasteiger partial charge in [0.2, 0.25) is 0 Å². The number of hydrogen-bond acceptors (Lipinski definition) is 5. The molecule has 0 saturated carbocycles. The molecule has 140 valence electrons. The maximum atomic E-state index is 12.9. The van der Waals surface area contributed by atoms with E-state index in [1.165, 1.54) is 5.01 Å². The first-order valence-electron chi connectivity index (χ1n) is 8.47. The van der Waals surface area contributed by atoms with Gasteiger partial charge in [0.1, 0.15) is 0 Å². The largest absolute Gasteiger partial charge is 0.290 e. The highest BCUT2D eigenvalue weighted by molar-refractivity contribution is 8.18. The molecular formula is C20H14ClN3O3S. The maximum Gasteiger partial charge on any atom is 0.290 e. The van der Waals surface area contributed by atoms with Gasteiger partial charge in [0.15, 0.2) is 0 Å². The fraction of sp³-hybridized carbons (Fsp3) is 0.100. The Hall–Kier alpha value is -2.90. The average molecular weight is 412 g/mol. The number of nitrogens with one attached hydrogen (secondary N) is 1. The molecule has 2 aliphatic heterocycles. The second kappa shape index (κ2) is 7.61. The van der Waals surface area contributed by atoms with Crippen molar-refractivity contribution in [2.75, 3.05) is 0 Å². The Kier molecular flexibility index (Phi) is 5.02. The van der Waals surface area contributed by atoms with Gasteiger partial charge in [-0.05, 0) is 35.0 Å². The molecule has 1 N–H and O–H groups in total. The zero-order chi connectivity index (χ0) is 19.7. The van der Waals surface area contributed by atoms with Crippen molar-refractivity contribution in [2.24, 2.45) is 5.10 Å². The molecule has 8 heteroatoms. The number of thioether (sulfide) groups is 1. The number of carbonyl (C=O) groups is 3. The SMILES string of the molecule is O=C1NC(=O)/C(=C/C(=O)N2N=C(c3ccccc3)CC2c2ccc(Cl)cc2)S1. The van der Waals surface area contributed by atoms with Crippen LogP contribution in [0.15, 0.2) is 70.7 Å². The van der Waals surface area contributed by atoms with Crippen LogP contribution in [0.2, 0.25) is 5.02 Å². The minimum Gasteiger partial charge on any atom is -0.282 e. The van der Waals surface area contributed by atoms with E-state index in [9.17, 15) is 14.4 Å². The van der Waals surface area contributed by atoms with Crippen molar-refractivity contribution in [3.8, 4) is 0 Å². The number of halogens is 1. The average Bonchev–Trinajstić information content (AvgIpc) is 3.27. The van der Waals surface area contributed by atoms with Gasteiger partial charge in [-0.1, -0.05) is 54.1 Å². The Balaban J connectivity index is 1.68. The molecular weight excluding hydrogens is 398 g/mol. The lowest BCUT2D eigenvalue weighted by molar-refractivity contribution is -0.128. The standard InChI is InChI=1S/C20H14ClN3O3S/c21-14-8-6-13(7-9-14)16-10-15(12-4-2-1-3-5-12)23-24(16)18(25)11-17-19(26)22-20(27)28-17/h1-9,11,16H,10H2,(H,22,26,27)/b17-11-. The summed E-state index contributed by atoms with van der Waals surface area (Å²) < 4.78 is 0. The molecule has 28 heavy (non-hydrogen) atoms. The van der Waals surface area contributed by atoms with E-state index in [0.29, 0.717) is 23.2 Å². The summed E-state index contributed by atoms with van der Waals surface area (Å²) in [7, 11) is 0. The normalized spacial score (nSPS) is 20.5. The Morgan fingerprint density at radius 2 is 1.86 bits per heavy atom. The van der Waals surface area contributed by atoms with Crippen LogP contribution in [0.25, 0.3) is 0 Å². The molecule has 0 spiro atoms. The minimum atomic E-state index is -0.571. The zero-order valence-electron chi connectivity index (χ0n) is 14.5. The van der Waals surface area contributed by atoms with Crippen molar-refractivity contribution in [2.45, 2.75) is 12.5 Å². The minimum absolute atomic E-state index is 0.0632. The second-order valence-electron chi connectivity index (χ2n) is 6.22. The Labute approximate surface area is 170 Å². The third kappa shape index (κ3) is 3.72. The molecule has 2 aromatic rings. The van der Waals surface area contributed by atoms with Crippen LogP contribution in [0.4, 0.5) is 4.79 Å². The van der Waals surface area contributed by atoms with Crippen LogP contribution in [0, 0.1) is 0 Å². The van der Waals surface area contributed by atoms with Crippen molar-refractivity contribution in [3.05, 3.63) is 81.7 Å². The number of imide groups is 1. The van der Waals surface area contributed by atoms with E-state index >= 15 is 0 Å². The summed E-state index contributed by atoms with van der Waals surface area (Å²) in [5, 5.41) is 8.13. The summed E-state index contributed by atoms with van der Waals surface area (Å²) in [4.78, 5) is 36.1. The van der Waals surface area contributed by atoms with Crippen LogP contribution in [0.5, 0.6) is 0 Å². The highest BCUT2D eigenvalue weighted by Gasteiger charge is 2.34. The molecule has 4 rings (SSSR count). The molecule has 1 fully saturated rings. The van der Waals surface area contributed by atoms with Gasteiger partial charge in [-0.3, -0.25) is 19.7 Å².